The summed E-state index contributed by atoms with van der Waals surface area (Å²) in [5.74, 6) is 0.126. The summed E-state index contributed by atoms with van der Waals surface area (Å²) in [4.78, 5) is 22.7. The summed E-state index contributed by atoms with van der Waals surface area (Å²) in [6.45, 7) is 6.78. The van der Waals surface area contributed by atoms with Crippen LogP contribution in [0.4, 0.5) is 0 Å². The lowest BCUT2D eigenvalue weighted by Gasteiger charge is -2.23. The van der Waals surface area contributed by atoms with Crippen molar-refractivity contribution in [3.8, 4) is 11.3 Å². The first-order chi connectivity index (χ1) is 11.1. The van der Waals surface area contributed by atoms with E-state index in [-0.39, 0.29) is 5.91 Å². The molecule has 4 nitrogen and oxygen atoms in total. The molecule has 23 heavy (non-hydrogen) atoms. The number of nitrogens with zero attached hydrogens (tertiary/aromatic N) is 3. The van der Waals surface area contributed by atoms with Gasteiger partial charge in [-0.1, -0.05) is 37.3 Å². The molecule has 1 aliphatic heterocycles. The molecule has 3 rings (SSSR count). The number of benzene rings is 1. The summed E-state index contributed by atoms with van der Waals surface area (Å²) in [7, 11) is 2.13. The normalized spacial score (nSPS) is 17.9. The molecule has 2 aromatic rings. The van der Waals surface area contributed by atoms with E-state index in [4.69, 9.17) is 0 Å². The van der Waals surface area contributed by atoms with Gasteiger partial charge in [0.25, 0.3) is 5.91 Å². The maximum atomic E-state index is 13.0. The summed E-state index contributed by atoms with van der Waals surface area (Å²) in [5, 5.41) is 0.939. The summed E-state index contributed by atoms with van der Waals surface area (Å²) in [6, 6.07) is 10.5. The molecule has 0 aliphatic carbocycles. The van der Waals surface area contributed by atoms with E-state index in [0.29, 0.717) is 6.04 Å². The standard InChI is InChI=1S/C18H23N3OS/c1-4-20(3)15-10-11-21(12-15)18(22)17-16(19-13(2)23-17)14-8-6-5-7-9-14/h5-9,15H,4,10-12H2,1-3H3/t15-/m1/s1. The van der Waals surface area contributed by atoms with Gasteiger partial charge in [0.1, 0.15) is 4.88 Å². The summed E-state index contributed by atoms with van der Waals surface area (Å²) < 4.78 is 0. The van der Waals surface area contributed by atoms with Gasteiger partial charge >= 0.3 is 0 Å². The Labute approximate surface area is 141 Å². The monoisotopic (exact) mass is 329 g/mol. The van der Waals surface area contributed by atoms with E-state index in [1.807, 2.05) is 42.2 Å². The Bertz CT molecular complexity index is 683. The molecule has 0 unspecified atom stereocenters. The highest BCUT2D eigenvalue weighted by Crippen LogP contribution is 2.30. The van der Waals surface area contributed by atoms with Crippen LogP contribution in [0.3, 0.4) is 0 Å². The van der Waals surface area contributed by atoms with Crippen molar-refractivity contribution in [1.29, 1.82) is 0 Å². The second-order valence-electron chi connectivity index (χ2n) is 6.04. The van der Waals surface area contributed by atoms with Gasteiger partial charge in [-0.25, -0.2) is 4.98 Å². The number of hydrogen-bond donors (Lipinski definition) is 0. The third kappa shape index (κ3) is 3.31. The molecule has 1 amide bonds. The molecule has 0 N–H and O–H groups in total. The topological polar surface area (TPSA) is 36.4 Å². The van der Waals surface area contributed by atoms with E-state index >= 15 is 0 Å². The Morgan fingerprint density at radius 1 is 1.39 bits per heavy atom. The molecule has 0 spiro atoms. The molecule has 1 fully saturated rings. The van der Waals surface area contributed by atoms with Crippen molar-refractivity contribution in [3.63, 3.8) is 0 Å². The second kappa shape index (κ2) is 6.81. The number of carbonyl (C=O) groups is 1. The third-order valence-electron chi connectivity index (χ3n) is 4.55. The van der Waals surface area contributed by atoms with Crippen LogP contribution in [0.2, 0.25) is 0 Å². The van der Waals surface area contributed by atoms with E-state index in [9.17, 15) is 4.79 Å². The van der Waals surface area contributed by atoms with Crippen LogP contribution < -0.4 is 0 Å². The number of likely N-dealkylation sites (tertiary alicyclic amines) is 1. The largest absolute Gasteiger partial charge is 0.336 e. The zero-order chi connectivity index (χ0) is 16.4. The molecule has 0 bridgehead atoms. The van der Waals surface area contributed by atoms with Crippen LogP contribution in [0, 0.1) is 6.92 Å². The molecule has 0 radical (unpaired) electrons. The maximum absolute atomic E-state index is 13.0. The lowest BCUT2D eigenvalue weighted by molar-refractivity contribution is 0.0786. The number of likely N-dealkylation sites (N-methyl/N-ethyl adjacent to an activating group) is 1. The van der Waals surface area contributed by atoms with Crippen LogP contribution in [0.5, 0.6) is 0 Å². The highest BCUT2D eigenvalue weighted by atomic mass is 32.1. The first-order valence-corrected chi connectivity index (χ1v) is 8.94. The van der Waals surface area contributed by atoms with E-state index in [1.54, 1.807) is 0 Å². The zero-order valence-corrected chi connectivity index (χ0v) is 14.8. The number of amides is 1. The minimum absolute atomic E-state index is 0.126. The van der Waals surface area contributed by atoms with Crippen LogP contribution in [0.15, 0.2) is 30.3 Å². The number of carbonyl (C=O) groups excluding carboxylic acids is 1. The quantitative estimate of drug-likeness (QED) is 0.864. The fourth-order valence-corrected chi connectivity index (χ4v) is 3.96. The number of aryl methyl sites for hydroxylation is 1. The van der Waals surface area contributed by atoms with Gasteiger partial charge in [-0.2, -0.15) is 0 Å². The molecule has 5 heteroatoms. The number of rotatable bonds is 4. The van der Waals surface area contributed by atoms with Gasteiger partial charge in [-0.05, 0) is 26.9 Å². The van der Waals surface area contributed by atoms with Crippen molar-refractivity contribution >= 4 is 17.2 Å². The van der Waals surface area contributed by atoms with Gasteiger partial charge < -0.3 is 9.80 Å². The SMILES string of the molecule is CCN(C)[C@@H]1CCN(C(=O)c2sc(C)nc2-c2ccccc2)C1. The molecular formula is C18H23N3OS. The molecule has 1 aromatic heterocycles. The Balaban J connectivity index is 1.84. The van der Waals surface area contributed by atoms with E-state index in [1.165, 1.54) is 11.3 Å². The molecule has 1 aliphatic rings. The van der Waals surface area contributed by atoms with Crippen molar-refractivity contribution in [2.24, 2.45) is 0 Å². The number of aromatic nitrogens is 1. The third-order valence-corrected chi connectivity index (χ3v) is 5.51. The van der Waals surface area contributed by atoms with Crippen LogP contribution in [0.1, 0.15) is 28.0 Å². The molecular weight excluding hydrogens is 306 g/mol. The van der Waals surface area contributed by atoms with Gasteiger partial charge in [0.15, 0.2) is 0 Å². The summed E-state index contributed by atoms with van der Waals surface area (Å²) >= 11 is 1.50. The minimum atomic E-state index is 0.126. The van der Waals surface area contributed by atoms with Gasteiger partial charge in [-0.3, -0.25) is 4.79 Å². The fourth-order valence-electron chi connectivity index (χ4n) is 3.05. The smallest absolute Gasteiger partial charge is 0.266 e. The lowest BCUT2D eigenvalue weighted by atomic mass is 10.1. The van der Waals surface area contributed by atoms with Crippen molar-refractivity contribution in [1.82, 2.24) is 14.8 Å². The first kappa shape index (κ1) is 16.1. The molecule has 0 saturated carbocycles. The van der Waals surface area contributed by atoms with Gasteiger partial charge in [-0.15, -0.1) is 11.3 Å². The summed E-state index contributed by atoms with van der Waals surface area (Å²) in [5.41, 5.74) is 1.84. The fraction of sp³-hybridized carbons (Fsp3) is 0.444. The predicted molar refractivity (Wildman–Crippen MR) is 94.9 cm³/mol. The molecule has 1 atom stereocenters. The molecule has 2 heterocycles. The summed E-state index contributed by atoms with van der Waals surface area (Å²) in [6.07, 6.45) is 1.05. The van der Waals surface area contributed by atoms with Crippen molar-refractivity contribution in [3.05, 3.63) is 40.2 Å². The van der Waals surface area contributed by atoms with Crippen molar-refractivity contribution < 1.29 is 4.79 Å². The van der Waals surface area contributed by atoms with Gasteiger partial charge in [0.05, 0.1) is 10.7 Å². The first-order valence-electron chi connectivity index (χ1n) is 8.12. The average Bonchev–Trinajstić information content (AvgIpc) is 3.21. The van der Waals surface area contributed by atoms with Gasteiger partial charge in [0, 0.05) is 24.7 Å². The Morgan fingerprint density at radius 2 is 2.13 bits per heavy atom. The van der Waals surface area contributed by atoms with Crippen LogP contribution >= 0.6 is 11.3 Å². The predicted octanol–water partition coefficient (Wildman–Crippen LogP) is 3.28. The van der Waals surface area contributed by atoms with E-state index < -0.39 is 0 Å². The molecule has 122 valence electrons. The van der Waals surface area contributed by atoms with Crippen LogP contribution in [-0.2, 0) is 0 Å². The van der Waals surface area contributed by atoms with Crippen LogP contribution in [-0.4, -0.2) is 53.4 Å². The number of hydrogen-bond acceptors (Lipinski definition) is 4. The highest BCUT2D eigenvalue weighted by molar-refractivity contribution is 7.14. The zero-order valence-electron chi connectivity index (χ0n) is 14.0. The van der Waals surface area contributed by atoms with Crippen molar-refractivity contribution in [2.45, 2.75) is 26.3 Å². The lowest BCUT2D eigenvalue weighted by Crippen LogP contribution is -2.36. The van der Waals surface area contributed by atoms with Gasteiger partial charge in [0.2, 0.25) is 0 Å². The Kier molecular flexibility index (Phi) is 4.78. The Morgan fingerprint density at radius 3 is 2.83 bits per heavy atom. The van der Waals surface area contributed by atoms with Crippen LogP contribution in [0.25, 0.3) is 11.3 Å². The number of thiazole rings is 1. The van der Waals surface area contributed by atoms with E-state index in [2.05, 4.69) is 23.9 Å². The minimum Gasteiger partial charge on any atom is -0.336 e. The highest BCUT2D eigenvalue weighted by Gasteiger charge is 2.31. The maximum Gasteiger partial charge on any atom is 0.266 e. The molecule has 1 aromatic carbocycles. The molecule has 1 saturated heterocycles. The Hall–Kier alpha value is -1.72. The van der Waals surface area contributed by atoms with Crippen molar-refractivity contribution in [2.75, 3.05) is 26.7 Å². The average molecular weight is 329 g/mol. The van der Waals surface area contributed by atoms with E-state index in [0.717, 1.165) is 47.2 Å². The second-order valence-corrected chi connectivity index (χ2v) is 7.25.